The molecule has 2 amide bonds. The van der Waals surface area contributed by atoms with E-state index in [9.17, 15) is 19.6 Å². The number of nitrogens with one attached hydrogen (secondary N) is 3. The van der Waals surface area contributed by atoms with Crippen LogP contribution in [0.2, 0.25) is 0 Å². The van der Waals surface area contributed by atoms with Crippen molar-refractivity contribution >= 4 is 28.4 Å². The van der Waals surface area contributed by atoms with Gasteiger partial charge in [-0.2, -0.15) is 5.26 Å². The van der Waals surface area contributed by atoms with Crippen LogP contribution in [-0.2, 0) is 0 Å². The molecular weight excluding hydrogens is 516 g/mol. The molecular formula is C32H36N6O3. The molecule has 2 atom stereocenters. The van der Waals surface area contributed by atoms with Crippen molar-refractivity contribution in [3.63, 3.8) is 0 Å². The van der Waals surface area contributed by atoms with Crippen molar-refractivity contribution < 1.29 is 9.59 Å². The van der Waals surface area contributed by atoms with E-state index < -0.39 is 0 Å². The Hall–Kier alpha value is -4.16. The molecule has 1 aliphatic heterocycles. The van der Waals surface area contributed by atoms with Gasteiger partial charge in [-0.15, -0.1) is 0 Å². The average Bonchev–Trinajstić information content (AvgIpc) is 3.83. The SMILES string of the molecule is CN1CCN(C(=O)c2cc(C3CC3)cc(C#N)c2N[C@@H]2CCCC[C@@H]2NC(=O)c2cc(=O)[nH]c3ccccc23)CC1. The van der Waals surface area contributed by atoms with Crippen molar-refractivity contribution in [2.75, 3.05) is 38.5 Å². The normalized spacial score (nSPS) is 21.3. The number of rotatable bonds is 6. The van der Waals surface area contributed by atoms with E-state index in [1.807, 2.05) is 35.2 Å². The number of carbonyl (C=O) groups excluding carboxylic acids is 2. The van der Waals surface area contributed by atoms with E-state index in [1.165, 1.54) is 6.07 Å². The molecule has 9 nitrogen and oxygen atoms in total. The van der Waals surface area contributed by atoms with Gasteiger partial charge < -0.3 is 25.4 Å². The number of hydrogen-bond donors (Lipinski definition) is 3. The monoisotopic (exact) mass is 552 g/mol. The fourth-order valence-corrected chi connectivity index (χ4v) is 6.21. The summed E-state index contributed by atoms with van der Waals surface area (Å²) in [6, 6.07) is 14.5. The molecule has 0 radical (unpaired) electrons. The molecule has 6 rings (SSSR count). The van der Waals surface area contributed by atoms with Crippen LogP contribution in [0.25, 0.3) is 10.9 Å². The molecule has 3 fully saturated rings. The first-order valence-electron chi connectivity index (χ1n) is 14.7. The van der Waals surface area contributed by atoms with Gasteiger partial charge in [0.15, 0.2) is 0 Å². The zero-order chi connectivity index (χ0) is 28.5. The second kappa shape index (κ2) is 11.4. The highest BCUT2D eigenvalue weighted by Crippen LogP contribution is 2.42. The molecule has 212 valence electrons. The molecule has 1 saturated heterocycles. The number of aromatic amines is 1. The number of nitrogens with zero attached hydrogens (tertiary/aromatic N) is 3. The van der Waals surface area contributed by atoms with E-state index in [4.69, 9.17) is 0 Å². The number of pyridine rings is 1. The molecule has 0 bridgehead atoms. The number of hydrogen-bond acceptors (Lipinski definition) is 6. The van der Waals surface area contributed by atoms with Gasteiger partial charge in [0.2, 0.25) is 5.56 Å². The van der Waals surface area contributed by atoms with E-state index in [2.05, 4.69) is 33.6 Å². The summed E-state index contributed by atoms with van der Waals surface area (Å²) in [6.07, 6.45) is 5.63. The number of likely N-dealkylation sites (N-methyl/N-ethyl adjacent to an activating group) is 1. The van der Waals surface area contributed by atoms with E-state index in [1.54, 1.807) is 6.07 Å². The molecule has 2 saturated carbocycles. The summed E-state index contributed by atoms with van der Waals surface area (Å²) in [4.78, 5) is 46.6. The van der Waals surface area contributed by atoms with Crippen LogP contribution in [0.1, 0.15) is 76.3 Å². The number of carbonyl (C=O) groups is 2. The molecule has 2 aliphatic carbocycles. The van der Waals surface area contributed by atoms with Crippen molar-refractivity contribution in [3.8, 4) is 6.07 Å². The largest absolute Gasteiger partial charge is 0.379 e. The van der Waals surface area contributed by atoms with Crippen LogP contribution in [0.15, 0.2) is 47.3 Å². The lowest BCUT2D eigenvalue weighted by atomic mass is 9.88. The van der Waals surface area contributed by atoms with Crippen LogP contribution in [-0.4, -0.2) is 71.9 Å². The number of fused-ring (bicyclic) bond motifs is 1. The number of nitriles is 1. The second-order valence-electron chi connectivity index (χ2n) is 11.7. The maximum Gasteiger partial charge on any atom is 0.256 e. The zero-order valence-electron chi connectivity index (χ0n) is 23.4. The molecule has 3 aliphatic rings. The predicted molar refractivity (Wildman–Crippen MR) is 158 cm³/mol. The van der Waals surface area contributed by atoms with E-state index in [0.29, 0.717) is 52.3 Å². The molecule has 2 heterocycles. The molecule has 41 heavy (non-hydrogen) atoms. The van der Waals surface area contributed by atoms with Crippen molar-refractivity contribution in [2.45, 2.75) is 56.5 Å². The molecule has 2 aromatic carbocycles. The van der Waals surface area contributed by atoms with E-state index in [0.717, 1.165) is 57.2 Å². The number of piperazine rings is 1. The smallest absolute Gasteiger partial charge is 0.256 e. The first kappa shape index (κ1) is 27.0. The number of benzene rings is 2. The topological polar surface area (TPSA) is 121 Å². The lowest BCUT2D eigenvalue weighted by molar-refractivity contribution is 0.0664. The van der Waals surface area contributed by atoms with Crippen LogP contribution in [0.4, 0.5) is 5.69 Å². The average molecular weight is 553 g/mol. The van der Waals surface area contributed by atoms with E-state index in [-0.39, 0.29) is 29.5 Å². The number of para-hydroxylation sites is 1. The van der Waals surface area contributed by atoms with E-state index >= 15 is 0 Å². The molecule has 1 aromatic heterocycles. The van der Waals surface area contributed by atoms with Crippen LogP contribution < -0.4 is 16.2 Å². The summed E-state index contributed by atoms with van der Waals surface area (Å²) >= 11 is 0. The molecule has 3 aromatic rings. The van der Waals surface area contributed by atoms with Crippen molar-refractivity contribution in [3.05, 3.63) is 75.1 Å². The van der Waals surface area contributed by atoms with Gasteiger partial charge in [-0.1, -0.05) is 31.0 Å². The van der Waals surface area contributed by atoms with Crippen molar-refractivity contribution in [2.24, 2.45) is 0 Å². The Bertz CT molecular complexity index is 1580. The van der Waals surface area contributed by atoms with Crippen LogP contribution in [0, 0.1) is 11.3 Å². The number of anilines is 1. The maximum absolute atomic E-state index is 13.9. The van der Waals surface area contributed by atoms with Crippen LogP contribution >= 0.6 is 0 Å². The minimum atomic E-state index is -0.325. The first-order valence-corrected chi connectivity index (χ1v) is 14.7. The van der Waals surface area contributed by atoms with Gasteiger partial charge in [0.05, 0.1) is 22.4 Å². The summed E-state index contributed by atoms with van der Waals surface area (Å²) in [7, 11) is 2.06. The van der Waals surface area contributed by atoms with Crippen molar-refractivity contribution in [1.82, 2.24) is 20.1 Å². The fraction of sp³-hybridized carbons (Fsp3) is 0.438. The van der Waals surface area contributed by atoms with Gasteiger partial charge in [0, 0.05) is 55.2 Å². The van der Waals surface area contributed by atoms with Gasteiger partial charge in [-0.05, 0) is 62.4 Å². The fourth-order valence-electron chi connectivity index (χ4n) is 6.21. The highest BCUT2D eigenvalue weighted by molar-refractivity contribution is 6.06. The van der Waals surface area contributed by atoms with Crippen LogP contribution in [0.5, 0.6) is 0 Å². The van der Waals surface area contributed by atoms with Gasteiger partial charge >= 0.3 is 0 Å². The zero-order valence-corrected chi connectivity index (χ0v) is 23.4. The Morgan fingerprint density at radius 1 is 0.951 bits per heavy atom. The number of aromatic nitrogens is 1. The molecule has 0 spiro atoms. The summed E-state index contributed by atoms with van der Waals surface area (Å²) in [5, 5.41) is 17.6. The maximum atomic E-state index is 13.9. The summed E-state index contributed by atoms with van der Waals surface area (Å²) < 4.78 is 0. The standard InChI is InChI=1S/C32H36N6O3/c1-37-12-14-38(15-13-37)32(41)25-17-21(20-10-11-20)16-22(19-33)30(25)35-27-8-4-5-9-28(27)36-31(40)24-18-29(39)34-26-7-3-2-6-23(24)26/h2-3,6-7,16-18,20,27-28,35H,4-5,8-15H2,1H3,(H,34,39)(H,36,40)/t27-,28+/m1/s1. The quantitative estimate of drug-likeness (QED) is 0.428. The highest BCUT2D eigenvalue weighted by atomic mass is 16.2. The van der Waals surface area contributed by atoms with Crippen molar-refractivity contribution in [1.29, 1.82) is 5.26 Å². The Morgan fingerprint density at radius 2 is 1.68 bits per heavy atom. The Morgan fingerprint density at radius 3 is 2.41 bits per heavy atom. The summed E-state index contributed by atoms with van der Waals surface area (Å²) in [5.74, 6) is 0.0519. The van der Waals surface area contributed by atoms with Gasteiger partial charge in [0.1, 0.15) is 6.07 Å². The third kappa shape index (κ3) is 5.70. The molecule has 0 unspecified atom stereocenters. The van der Waals surface area contributed by atoms with Gasteiger partial charge in [-0.3, -0.25) is 14.4 Å². The minimum absolute atomic E-state index is 0.0500. The second-order valence-corrected chi connectivity index (χ2v) is 11.7. The molecule has 9 heteroatoms. The molecule has 3 N–H and O–H groups in total. The lowest BCUT2D eigenvalue weighted by Crippen LogP contribution is -2.49. The number of H-pyrrole nitrogens is 1. The Labute approximate surface area is 239 Å². The third-order valence-corrected chi connectivity index (χ3v) is 8.76. The first-order chi connectivity index (χ1) is 19.9. The van der Waals surface area contributed by atoms with Crippen LogP contribution in [0.3, 0.4) is 0 Å². The summed E-state index contributed by atoms with van der Waals surface area (Å²) in [6.45, 7) is 2.93. The Balaban J connectivity index is 1.30. The third-order valence-electron chi connectivity index (χ3n) is 8.76. The number of amides is 2. The highest BCUT2D eigenvalue weighted by Gasteiger charge is 2.33. The predicted octanol–water partition coefficient (Wildman–Crippen LogP) is 3.82. The Kier molecular flexibility index (Phi) is 7.50. The van der Waals surface area contributed by atoms with Gasteiger partial charge in [-0.25, -0.2) is 0 Å². The minimum Gasteiger partial charge on any atom is -0.379 e. The summed E-state index contributed by atoms with van der Waals surface area (Å²) in [5.41, 5.74) is 3.27. The van der Waals surface area contributed by atoms with Gasteiger partial charge in [0.25, 0.3) is 11.8 Å². The lowest BCUT2D eigenvalue weighted by Gasteiger charge is -2.36.